The van der Waals surface area contributed by atoms with Crippen LogP contribution in [0.3, 0.4) is 0 Å². The van der Waals surface area contributed by atoms with Gasteiger partial charge in [-0.15, -0.1) is 0 Å². The number of anilines is 1. The number of hydrogen-bond acceptors (Lipinski definition) is 2. The molecular formula is C10H13N3O. The zero-order valence-electron chi connectivity index (χ0n) is 8.32. The van der Waals surface area contributed by atoms with Gasteiger partial charge in [-0.3, -0.25) is 9.13 Å². The van der Waals surface area contributed by atoms with Gasteiger partial charge in [-0.2, -0.15) is 0 Å². The van der Waals surface area contributed by atoms with Crippen LogP contribution in [-0.4, -0.2) is 9.13 Å². The zero-order chi connectivity index (χ0) is 10.3. The molecule has 0 aliphatic heterocycles. The molecule has 1 aromatic carbocycles. The number of hydrogen-bond donors (Lipinski definition) is 1. The molecule has 0 atom stereocenters. The highest BCUT2D eigenvalue weighted by Gasteiger charge is 2.08. The number of fused-ring (bicyclic) bond motifs is 1. The largest absolute Gasteiger partial charge is 0.399 e. The van der Waals surface area contributed by atoms with Crippen LogP contribution in [0.2, 0.25) is 0 Å². The Kier molecular flexibility index (Phi) is 1.84. The predicted octanol–water partition coefficient (Wildman–Crippen LogP) is 0.942. The maximum atomic E-state index is 11.7. The Morgan fingerprint density at radius 1 is 1.36 bits per heavy atom. The highest BCUT2D eigenvalue weighted by Crippen LogP contribution is 2.15. The monoisotopic (exact) mass is 191 g/mol. The van der Waals surface area contributed by atoms with E-state index in [-0.39, 0.29) is 5.69 Å². The van der Waals surface area contributed by atoms with Crippen molar-refractivity contribution in [1.29, 1.82) is 0 Å². The molecule has 0 bridgehead atoms. The van der Waals surface area contributed by atoms with Gasteiger partial charge in [0.15, 0.2) is 0 Å². The van der Waals surface area contributed by atoms with E-state index in [1.165, 1.54) is 0 Å². The third-order valence-corrected chi connectivity index (χ3v) is 2.49. The SMILES string of the molecule is CCn1c(=O)n(C)c2cc(N)ccc21. The van der Waals surface area contributed by atoms with Crippen molar-refractivity contribution in [2.75, 3.05) is 5.73 Å². The van der Waals surface area contributed by atoms with E-state index in [2.05, 4.69) is 0 Å². The molecule has 4 nitrogen and oxygen atoms in total. The Hall–Kier alpha value is -1.71. The van der Waals surface area contributed by atoms with Crippen LogP contribution < -0.4 is 11.4 Å². The van der Waals surface area contributed by atoms with Gasteiger partial charge in [-0.1, -0.05) is 0 Å². The summed E-state index contributed by atoms with van der Waals surface area (Å²) in [6.07, 6.45) is 0. The summed E-state index contributed by atoms with van der Waals surface area (Å²) < 4.78 is 3.35. The zero-order valence-corrected chi connectivity index (χ0v) is 8.32. The van der Waals surface area contributed by atoms with Crippen molar-refractivity contribution in [3.8, 4) is 0 Å². The second-order valence-corrected chi connectivity index (χ2v) is 3.33. The quantitative estimate of drug-likeness (QED) is 0.682. The van der Waals surface area contributed by atoms with Crippen molar-refractivity contribution in [3.63, 3.8) is 0 Å². The molecule has 1 aromatic heterocycles. The average Bonchev–Trinajstić information content (AvgIpc) is 2.41. The number of nitrogens with two attached hydrogens (primary N) is 1. The molecule has 0 fully saturated rings. The van der Waals surface area contributed by atoms with Crippen LogP contribution in [0.5, 0.6) is 0 Å². The molecule has 0 saturated heterocycles. The summed E-state index contributed by atoms with van der Waals surface area (Å²) in [5.74, 6) is 0. The normalized spacial score (nSPS) is 11.0. The summed E-state index contributed by atoms with van der Waals surface area (Å²) >= 11 is 0. The van der Waals surface area contributed by atoms with E-state index >= 15 is 0 Å². The highest BCUT2D eigenvalue weighted by atomic mass is 16.1. The van der Waals surface area contributed by atoms with Gasteiger partial charge in [0.1, 0.15) is 0 Å². The van der Waals surface area contributed by atoms with Gasteiger partial charge in [0, 0.05) is 19.3 Å². The van der Waals surface area contributed by atoms with Crippen LogP contribution >= 0.6 is 0 Å². The molecule has 0 aliphatic carbocycles. The van der Waals surface area contributed by atoms with Crippen molar-refractivity contribution >= 4 is 16.7 Å². The molecule has 4 heteroatoms. The Labute approximate surface area is 81.6 Å². The molecular weight excluding hydrogens is 178 g/mol. The summed E-state index contributed by atoms with van der Waals surface area (Å²) in [7, 11) is 1.76. The van der Waals surface area contributed by atoms with E-state index in [1.807, 2.05) is 25.1 Å². The van der Waals surface area contributed by atoms with E-state index in [4.69, 9.17) is 5.73 Å². The second kappa shape index (κ2) is 2.90. The van der Waals surface area contributed by atoms with Crippen molar-refractivity contribution in [2.45, 2.75) is 13.5 Å². The lowest BCUT2D eigenvalue weighted by molar-refractivity contribution is 0.712. The van der Waals surface area contributed by atoms with Gasteiger partial charge in [0.25, 0.3) is 0 Å². The Bertz CT molecular complexity index is 536. The maximum Gasteiger partial charge on any atom is 0.328 e. The summed E-state index contributed by atoms with van der Waals surface area (Å²) in [4.78, 5) is 11.7. The fourth-order valence-electron chi connectivity index (χ4n) is 1.73. The van der Waals surface area contributed by atoms with Crippen molar-refractivity contribution in [3.05, 3.63) is 28.7 Å². The molecule has 14 heavy (non-hydrogen) atoms. The molecule has 0 radical (unpaired) electrons. The van der Waals surface area contributed by atoms with Gasteiger partial charge in [-0.05, 0) is 25.1 Å². The van der Waals surface area contributed by atoms with E-state index in [1.54, 1.807) is 16.2 Å². The smallest absolute Gasteiger partial charge is 0.328 e. The molecule has 0 amide bonds. The van der Waals surface area contributed by atoms with Gasteiger partial charge in [0.05, 0.1) is 11.0 Å². The molecule has 74 valence electrons. The first-order valence-corrected chi connectivity index (χ1v) is 4.60. The van der Waals surface area contributed by atoms with Gasteiger partial charge in [0.2, 0.25) is 0 Å². The third kappa shape index (κ3) is 1.04. The van der Waals surface area contributed by atoms with Crippen LogP contribution in [-0.2, 0) is 13.6 Å². The number of aryl methyl sites for hydroxylation is 2. The molecule has 2 aromatic rings. The standard InChI is InChI=1S/C10H13N3O/c1-3-13-8-5-4-7(11)6-9(8)12(2)10(13)14/h4-6H,3,11H2,1-2H3. The lowest BCUT2D eigenvalue weighted by Gasteiger charge is -1.97. The Balaban J connectivity index is 2.96. The minimum atomic E-state index is 0.00750. The summed E-state index contributed by atoms with van der Waals surface area (Å²) in [5, 5.41) is 0. The van der Waals surface area contributed by atoms with Crippen LogP contribution in [0, 0.1) is 0 Å². The molecule has 2 rings (SSSR count). The van der Waals surface area contributed by atoms with E-state index < -0.39 is 0 Å². The Morgan fingerprint density at radius 3 is 2.71 bits per heavy atom. The fraction of sp³-hybridized carbons (Fsp3) is 0.300. The maximum absolute atomic E-state index is 11.7. The van der Waals surface area contributed by atoms with E-state index in [0.717, 1.165) is 11.0 Å². The summed E-state index contributed by atoms with van der Waals surface area (Å²) in [6.45, 7) is 2.64. The molecule has 1 heterocycles. The Morgan fingerprint density at radius 2 is 2.07 bits per heavy atom. The third-order valence-electron chi connectivity index (χ3n) is 2.49. The van der Waals surface area contributed by atoms with Crippen LogP contribution in [0.4, 0.5) is 5.69 Å². The van der Waals surface area contributed by atoms with Gasteiger partial charge < -0.3 is 5.73 Å². The number of imidazole rings is 1. The first-order chi connectivity index (χ1) is 6.65. The summed E-state index contributed by atoms with van der Waals surface area (Å²) in [5.41, 5.74) is 8.18. The molecule has 2 N–H and O–H groups in total. The number of rotatable bonds is 1. The number of nitrogens with zero attached hydrogens (tertiary/aromatic N) is 2. The molecule has 0 unspecified atom stereocenters. The number of aromatic nitrogens is 2. The minimum absolute atomic E-state index is 0.00750. The van der Waals surface area contributed by atoms with Crippen LogP contribution in [0.15, 0.2) is 23.0 Å². The minimum Gasteiger partial charge on any atom is -0.399 e. The molecule has 0 aliphatic rings. The predicted molar refractivity (Wildman–Crippen MR) is 57.3 cm³/mol. The number of benzene rings is 1. The van der Waals surface area contributed by atoms with Gasteiger partial charge >= 0.3 is 5.69 Å². The molecule has 0 spiro atoms. The van der Waals surface area contributed by atoms with Crippen LogP contribution in [0.25, 0.3) is 11.0 Å². The number of nitrogen functional groups attached to an aromatic ring is 1. The second-order valence-electron chi connectivity index (χ2n) is 3.33. The van der Waals surface area contributed by atoms with Crippen molar-refractivity contribution < 1.29 is 0 Å². The lowest BCUT2D eigenvalue weighted by atomic mass is 10.3. The van der Waals surface area contributed by atoms with Crippen LogP contribution in [0.1, 0.15) is 6.92 Å². The first kappa shape index (κ1) is 8.87. The summed E-state index contributed by atoms with van der Waals surface area (Å²) in [6, 6.07) is 5.52. The van der Waals surface area contributed by atoms with E-state index in [9.17, 15) is 4.79 Å². The lowest BCUT2D eigenvalue weighted by Crippen LogP contribution is -2.21. The topological polar surface area (TPSA) is 53.0 Å². The molecule has 0 saturated carbocycles. The van der Waals surface area contributed by atoms with Gasteiger partial charge in [-0.25, -0.2) is 4.79 Å². The average molecular weight is 191 g/mol. The van der Waals surface area contributed by atoms with Crippen molar-refractivity contribution in [2.24, 2.45) is 7.05 Å². The van der Waals surface area contributed by atoms with Crippen molar-refractivity contribution in [1.82, 2.24) is 9.13 Å². The first-order valence-electron chi connectivity index (χ1n) is 4.60. The fourth-order valence-corrected chi connectivity index (χ4v) is 1.73. The van der Waals surface area contributed by atoms with E-state index in [0.29, 0.717) is 12.2 Å². The highest BCUT2D eigenvalue weighted by molar-refractivity contribution is 5.79.